The average molecular weight is 517 g/mol. The monoisotopic (exact) mass is 517 g/mol. The molecule has 0 bridgehead atoms. The van der Waals surface area contributed by atoms with Crippen molar-refractivity contribution in [1.29, 1.82) is 0 Å². The Balaban J connectivity index is 1.87. The highest BCUT2D eigenvalue weighted by Crippen LogP contribution is 2.41. The van der Waals surface area contributed by atoms with Gasteiger partial charge in [0.2, 0.25) is 5.58 Å². The molecule has 0 spiro atoms. The van der Waals surface area contributed by atoms with Crippen molar-refractivity contribution in [1.82, 2.24) is 34.7 Å². The lowest BCUT2D eigenvalue weighted by Gasteiger charge is -2.23. The Morgan fingerprint density at radius 1 is 1.19 bits per heavy atom. The van der Waals surface area contributed by atoms with Gasteiger partial charge in [0.1, 0.15) is 28.1 Å². The van der Waals surface area contributed by atoms with Crippen LogP contribution in [0, 0.1) is 12.7 Å². The molecule has 0 amide bonds. The fourth-order valence-corrected chi connectivity index (χ4v) is 4.64. The number of hydrogen-bond acceptors (Lipinski definition) is 7. The van der Waals surface area contributed by atoms with Gasteiger partial charge in [-0.25, -0.2) is 14.1 Å². The minimum Gasteiger partial charge on any atom is -0.384 e. The number of aliphatic hydroxyl groups is 1. The van der Waals surface area contributed by atoms with Crippen LogP contribution in [0.5, 0.6) is 0 Å². The number of aromatic nitrogens is 7. The molecular weight excluding hydrogens is 494 g/mol. The van der Waals surface area contributed by atoms with E-state index < -0.39 is 36.5 Å². The summed E-state index contributed by atoms with van der Waals surface area (Å²) in [6.07, 6.45) is -3.34. The molecule has 5 rings (SSSR count). The molecule has 5 aromatic heterocycles. The molecular formula is C24H23F4N7O2. The molecule has 0 aromatic carbocycles. The fourth-order valence-electron chi connectivity index (χ4n) is 4.64. The van der Waals surface area contributed by atoms with Crippen LogP contribution in [-0.4, -0.2) is 46.0 Å². The summed E-state index contributed by atoms with van der Waals surface area (Å²) in [5.41, 5.74) is 1.25. The Kier molecular flexibility index (Phi) is 5.77. The van der Waals surface area contributed by atoms with E-state index in [0.29, 0.717) is 28.0 Å². The fraction of sp³-hybridized carbons (Fsp3) is 0.375. The van der Waals surface area contributed by atoms with Crippen LogP contribution in [0.2, 0.25) is 0 Å². The molecule has 0 saturated carbocycles. The van der Waals surface area contributed by atoms with Crippen molar-refractivity contribution in [3.63, 3.8) is 0 Å². The van der Waals surface area contributed by atoms with Crippen LogP contribution in [-0.2, 0) is 12.6 Å². The van der Waals surface area contributed by atoms with Crippen LogP contribution in [0.3, 0.4) is 0 Å². The molecule has 0 saturated heterocycles. The van der Waals surface area contributed by atoms with Crippen molar-refractivity contribution in [3.05, 3.63) is 53.5 Å². The highest BCUT2D eigenvalue weighted by Gasteiger charge is 2.36. The standard InChI is InChI=1S/C24H23F4N7O2/c1-12-19(34(4)33-31-12)13-10-16-18(30-11-13)21-20(22(32-37-21)23(2,3)36)35(16)15(7-8-24(26,27)28)17-14(25)6-5-9-29-17/h5-6,9-11,15,36H,7-8H2,1-4H3. The minimum atomic E-state index is -4.50. The third-order valence-electron chi connectivity index (χ3n) is 6.21. The molecule has 1 atom stereocenters. The second-order valence-electron chi connectivity index (χ2n) is 9.42. The van der Waals surface area contributed by atoms with E-state index in [1.165, 1.54) is 30.7 Å². The lowest BCUT2D eigenvalue weighted by molar-refractivity contribution is -0.136. The molecule has 0 aliphatic heterocycles. The van der Waals surface area contributed by atoms with Crippen LogP contribution in [0.25, 0.3) is 33.4 Å². The molecule has 5 aromatic rings. The van der Waals surface area contributed by atoms with Crippen molar-refractivity contribution in [2.75, 3.05) is 0 Å². The molecule has 9 nitrogen and oxygen atoms in total. The molecule has 0 aliphatic rings. The Hall–Kier alpha value is -3.87. The van der Waals surface area contributed by atoms with Gasteiger partial charge in [0.05, 0.1) is 28.6 Å². The summed E-state index contributed by atoms with van der Waals surface area (Å²) in [6, 6.07) is 3.00. The quantitative estimate of drug-likeness (QED) is 0.317. The number of aryl methyl sites for hydroxylation is 2. The van der Waals surface area contributed by atoms with Crippen molar-refractivity contribution in [3.8, 4) is 11.3 Å². The molecule has 1 N–H and O–H groups in total. The van der Waals surface area contributed by atoms with E-state index in [2.05, 4.69) is 25.4 Å². The lowest BCUT2D eigenvalue weighted by atomic mass is 10.0. The van der Waals surface area contributed by atoms with Crippen LogP contribution in [0.15, 0.2) is 35.1 Å². The average Bonchev–Trinajstić information content (AvgIpc) is 3.47. The SMILES string of the molecule is Cc1nnn(C)c1-c1cnc2c3onc(C(C)(C)O)c3n(C(CCC(F)(F)F)c3ncccc3F)c2c1. The number of halogens is 4. The van der Waals surface area contributed by atoms with E-state index in [1.807, 2.05) is 0 Å². The number of pyridine rings is 2. The van der Waals surface area contributed by atoms with Crippen LogP contribution in [0.4, 0.5) is 17.6 Å². The molecule has 1 unspecified atom stereocenters. The van der Waals surface area contributed by atoms with Crippen molar-refractivity contribution < 1.29 is 27.2 Å². The van der Waals surface area contributed by atoms with Gasteiger partial charge in [0.15, 0.2) is 0 Å². The number of fused-ring (bicyclic) bond motifs is 3. The van der Waals surface area contributed by atoms with Gasteiger partial charge in [-0.2, -0.15) is 13.2 Å². The third kappa shape index (κ3) is 4.32. The summed E-state index contributed by atoms with van der Waals surface area (Å²) in [6.45, 7) is 4.72. The largest absolute Gasteiger partial charge is 0.389 e. The summed E-state index contributed by atoms with van der Waals surface area (Å²) in [5.74, 6) is -0.762. The first-order chi connectivity index (χ1) is 17.4. The second-order valence-corrected chi connectivity index (χ2v) is 9.42. The van der Waals surface area contributed by atoms with Crippen LogP contribution >= 0.6 is 0 Å². The first kappa shape index (κ1) is 24.8. The number of hydrogen-bond donors (Lipinski definition) is 1. The maximum atomic E-state index is 15.0. The van der Waals surface area contributed by atoms with Gasteiger partial charge in [0.25, 0.3) is 0 Å². The molecule has 0 aliphatic carbocycles. The van der Waals surface area contributed by atoms with E-state index in [-0.39, 0.29) is 22.5 Å². The van der Waals surface area contributed by atoms with Gasteiger partial charge >= 0.3 is 6.18 Å². The van der Waals surface area contributed by atoms with Gasteiger partial charge in [-0.15, -0.1) is 5.10 Å². The topological polar surface area (TPSA) is 108 Å². The van der Waals surface area contributed by atoms with Gasteiger partial charge in [0, 0.05) is 31.4 Å². The smallest absolute Gasteiger partial charge is 0.384 e. The Bertz CT molecular complexity index is 1590. The van der Waals surface area contributed by atoms with Crippen molar-refractivity contribution in [2.45, 2.75) is 51.4 Å². The zero-order valence-corrected chi connectivity index (χ0v) is 20.4. The van der Waals surface area contributed by atoms with Gasteiger partial charge in [-0.05, 0) is 45.4 Å². The zero-order chi connectivity index (χ0) is 26.7. The van der Waals surface area contributed by atoms with E-state index in [9.17, 15) is 18.3 Å². The second kappa shape index (κ2) is 8.61. The van der Waals surface area contributed by atoms with Crippen molar-refractivity contribution in [2.24, 2.45) is 7.05 Å². The minimum absolute atomic E-state index is 0.0776. The van der Waals surface area contributed by atoms with Gasteiger partial charge in [-0.1, -0.05) is 10.4 Å². The van der Waals surface area contributed by atoms with Crippen molar-refractivity contribution >= 4 is 22.1 Å². The number of alkyl halides is 3. The number of rotatable bonds is 6. The summed E-state index contributed by atoms with van der Waals surface area (Å²) in [7, 11) is 1.70. The Morgan fingerprint density at radius 2 is 1.95 bits per heavy atom. The highest BCUT2D eigenvalue weighted by atomic mass is 19.4. The zero-order valence-electron chi connectivity index (χ0n) is 20.4. The van der Waals surface area contributed by atoms with E-state index >= 15 is 4.39 Å². The molecule has 194 valence electrons. The number of nitrogens with zero attached hydrogens (tertiary/aromatic N) is 7. The first-order valence-electron chi connectivity index (χ1n) is 11.4. The summed E-state index contributed by atoms with van der Waals surface area (Å²) < 4.78 is 63.9. The summed E-state index contributed by atoms with van der Waals surface area (Å²) >= 11 is 0. The maximum Gasteiger partial charge on any atom is 0.389 e. The summed E-state index contributed by atoms with van der Waals surface area (Å²) in [5, 5.41) is 22.9. The predicted octanol–water partition coefficient (Wildman–Crippen LogP) is 4.97. The Labute approximate surface area is 207 Å². The van der Waals surface area contributed by atoms with Crippen LogP contribution in [0.1, 0.15) is 49.8 Å². The third-order valence-corrected chi connectivity index (χ3v) is 6.21. The normalized spacial score (nSPS) is 13.6. The van der Waals surface area contributed by atoms with E-state index in [0.717, 1.165) is 6.07 Å². The molecule has 0 fully saturated rings. The predicted molar refractivity (Wildman–Crippen MR) is 125 cm³/mol. The molecule has 0 radical (unpaired) electrons. The van der Waals surface area contributed by atoms with Crippen LogP contribution < -0.4 is 0 Å². The first-order valence-corrected chi connectivity index (χ1v) is 11.4. The maximum absolute atomic E-state index is 15.0. The molecule has 13 heteroatoms. The van der Waals surface area contributed by atoms with Gasteiger partial charge < -0.3 is 14.2 Å². The van der Waals surface area contributed by atoms with E-state index in [1.54, 1.807) is 30.9 Å². The highest BCUT2D eigenvalue weighted by molar-refractivity contribution is 6.04. The molecule has 37 heavy (non-hydrogen) atoms. The summed E-state index contributed by atoms with van der Waals surface area (Å²) in [4.78, 5) is 8.63. The van der Waals surface area contributed by atoms with E-state index in [4.69, 9.17) is 4.52 Å². The lowest BCUT2D eigenvalue weighted by Crippen LogP contribution is -2.21. The van der Waals surface area contributed by atoms with Gasteiger partial charge in [-0.3, -0.25) is 4.98 Å². The molecule has 5 heterocycles. The Morgan fingerprint density at radius 3 is 2.57 bits per heavy atom.